The monoisotopic (exact) mass is 437 g/mol. The Morgan fingerprint density at radius 3 is 2.35 bits per heavy atom. The number of likely N-dealkylation sites (tertiary alicyclic amines) is 1. The first-order valence-corrected chi connectivity index (χ1v) is 11.7. The van der Waals surface area contributed by atoms with Gasteiger partial charge in [0.2, 0.25) is 5.91 Å². The van der Waals surface area contributed by atoms with Crippen LogP contribution in [0, 0.1) is 5.82 Å². The molecule has 5 heteroatoms. The van der Waals surface area contributed by atoms with Crippen LogP contribution < -0.4 is 0 Å². The molecule has 2 heterocycles. The van der Waals surface area contributed by atoms with Gasteiger partial charge in [-0.1, -0.05) is 42.5 Å². The molecule has 0 bridgehead atoms. The molecule has 1 N–H and O–H groups in total. The summed E-state index contributed by atoms with van der Waals surface area (Å²) in [6.45, 7) is 2.95. The Bertz CT molecular complexity index is 1000. The summed E-state index contributed by atoms with van der Waals surface area (Å²) in [4.78, 5) is 16.5. The minimum Gasteiger partial charge on any atom is -0.396 e. The summed E-state index contributed by atoms with van der Waals surface area (Å²) in [5, 5.41) is 11.4. The Labute approximate surface area is 187 Å². The van der Waals surface area contributed by atoms with E-state index in [1.807, 2.05) is 23.1 Å². The van der Waals surface area contributed by atoms with E-state index in [9.17, 15) is 14.3 Å². The highest BCUT2D eigenvalue weighted by Crippen LogP contribution is 2.43. The number of hydrogen-bond donors (Lipinski definition) is 1. The zero-order valence-corrected chi connectivity index (χ0v) is 18.6. The minimum absolute atomic E-state index is 0.00561. The molecule has 0 saturated carbocycles. The van der Waals surface area contributed by atoms with Gasteiger partial charge in [-0.05, 0) is 66.5 Å². The summed E-state index contributed by atoms with van der Waals surface area (Å²) < 4.78 is 13.2. The number of nitrogens with zero attached hydrogens (tertiary/aromatic N) is 1. The van der Waals surface area contributed by atoms with E-state index in [0.717, 1.165) is 29.5 Å². The van der Waals surface area contributed by atoms with Crippen LogP contribution in [0.3, 0.4) is 0 Å². The maximum Gasteiger partial charge on any atom is 0.224 e. The first-order valence-electron chi connectivity index (χ1n) is 10.8. The van der Waals surface area contributed by atoms with E-state index < -0.39 is 0 Å². The number of amides is 1. The van der Waals surface area contributed by atoms with E-state index in [1.165, 1.54) is 17.0 Å². The van der Waals surface area contributed by atoms with Crippen LogP contribution in [0.5, 0.6) is 0 Å². The highest BCUT2D eigenvalue weighted by Gasteiger charge is 2.41. The Hall–Kier alpha value is -2.50. The van der Waals surface area contributed by atoms with Crippen LogP contribution in [0.25, 0.3) is 11.1 Å². The fourth-order valence-corrected chi connectivity index (χ4v) is 5.66. The van der Waals surface area contributed by atoms with Crippen molar-refractivity contribution in [2.75, 3.05) is 13.2 Å². The van der Waals surface area contributed by atoms with E-state index in [-0.39, 0.29) is 29.8 Å². The SMILES string of the molecule is C[C@@H](c1ccc(-c2ccc(F)cc2)cc1)N1CCC(CCCO)(c2cccs2)CC1=O. The van der Waals surface area contributed by atoms with Gasteiger partial charge in [0.15, 0.2) is 0 Å². The van der Waals surface area contributed by atoms with Gasteiger partial charge >= 0.3 is 0 Å². The van der Waals surface area contributed by atoms with Crippen molar-refractivity contribution in [3.8, 4) is 11.1 Å². The van der Waals surface area contributed by atoms with E-state index in [4.69, 9.17) is 0 Å². The largest absolute Gasteiger partial charge is 0.396 e. The van der Waals surface area contributed by atoms with Crippen LogP contribution in [-0.4, -0.2) is 29.1 Å². The summed E-state index contributed by atoms with van der Waals surface area (Å²) in [5.74, 6) is -0.0667. The van der Waals surface area contributed by atoms with Crippen molar-refractivity contribution in [2.24, 2.45) is 0 Å². The zero-order valence-electron chi connectivity index (χ0n) is 17.8. The molecule has 2 atom stereocenters. The van der Waals surface area contributed by atoms with Crippen LogP contribution in [0.15, 0.2) is 66.0 Å². The van der Waals surface area contributed by atoms with Gasteiger partial charge in [-0.3, -0.25) is 4.79 Å². The predicted octanol–water partition coefficient (Wildman–Crippen LogP) is 5.95. The highest BCUT2D eigenvalue weighted by molar-refractivity contribution is 7.10. The third kappa shape index (κ3) is 4.58. The van der Waals surface area contributed by atoms with Crippen molar-refractivity contribution < 1.29 is 14.3 Å². The molecule has 1 fully saturated rings. The molecule has 0 spiro atoms. The lowest BCUT2D eigenvalue weighted by Gasteiger charge is -2.43. The molecule has 1 amide bonds. The second-order valence-corrected chi connectivity index (χ2v) is 9.35. The third-order valence-corrected chi connectivity index (χ3v) is 7.65. The summed E-state index contributed by atoms with van der Waals surface area (Å²) in [6.07, 6.45) is 2.96. The average molecular weight is 438 g/mol. The van der Waals surface area contributed by atoms with Crippen LogP contribution in [0.4, 0.5) is 4.39 Å². The highest BCUT2D eigenvalue weighted by atomic mass is 32.1. The third-order valence-electron chi connectivity index (χ3n) is 6.54. The number of carbonyl (C=O) groups excluding carboxylic acids is 1. The van der Waals surface area contributed by atoms with Crippen molar-refractivity contribution >= 4 is 17.2 Å². The van der Waals surface area contributed by atoms with Gasteiger partial charge in [0.25, 0.3) is 0 Å². The number of benzene rings is 2. The van der Waals surface area contributed by atoms with Crippen molar-refractivity contribution in [3.63, 3.8) is 0 Å². The molecule has 162 valence electrons. The number of rotatable bonds is 7. The number of hydrogen-bond acceptors (Lipinski definition) is 3. The fraction of sp³-hybridized carbons (Fsp3) is 0.346. The normalized spacial score (nSPS) is 20.1. The fourth-order valence-electron chi connectivity index (χ4n) is 4.67. The van der Waals surface area contributed by atoms with Crippen LogP contribution in [0.2, 0.25) is 0 Å². The van der Waals surface area contributed by atoms with E-state index in [0.29, 0.717) is 19.4 Å². The van der Waals surface area contributed by atoms with Gasteiger partial charge in [-0.2, -0.15) is 0 Å². The molecule has 31 heavy (non-hydrogen) atoms. The van der Waals surface area contributed by atoms with Crippen molar-refractivity contribution in [3.05, 3.63) is 82.3 Å². The number of thiophene rings is 1. The Kier molecular flexibility index (Phi) is 6.54. The van der Waals surface area contributed by atoms with Crippen LogP contribution in [-0.2, 0) is 10.2 Å². The van der Waals surface area contributed by atoms with Gasteiger partial charge < -0.3 is 10.0 Å². The first kappa shape index (κ1) is 21.7. The van der Waals surface area contributed by atoms with Gasteiger partial charge in [0, 0.05) is 29.9 Å². The number of aliphatic hydroxyl groups excluding tert-OH is 1. The van der Waals surface area contributed by atoms with E-state index >= 15 is 0 Å². The van der Waals surface area contributed by atoms with E-state index in [1.54, 1.807) is 23.5 Å². The number of carbonyl (C=O) groups is 1. The van der Waals surface area contributed by atoms with Gasteiger partial charge in [0.1, 0.15) is 5.82 Å². The molecule has 0 radical (unpaired) electrons. The van der Waals surface area contributed by atoms with Gasteiger partial charge in [-0.15, -0.1) is 11.3 Å². The van der Waals surface area contributed by atoms with Crippen molar-refractivity contribution in [1.29, 1.82) is 0 Å². The molecular formula is C26H28FNO2S. The molecule has 1 unspecified atom stereocenters. The second-order valence-electron chi connectivity index (χ2n) is 8.40. The molecular weight excluding hydrogens is 409 g/mol. The Balaban J connectivity index is 1.49. The molecule has 1 aliphatic rings. The maximum atomic E-state index is 13.2. The first-order chi connectivity index (χ1) is 15.0. The topological polar surface area (TPSA) is 40.5 Å². The minimum atomic E-state index is -0.241. The van der Waals surface area contributed by atoms with Crippen molar-refractivity contribution in [2.45, 2.75) is 44.1 Å². The average Bonchev–Trinajstić information content (AvgIpc) is 3.34. The summed E-state index contributed by atoms with van der Waals surface area (Å²) in [5.41, 5.74) is 2.94. The Morgan fingerprint density at radius 1 is 1.10 bits per heavy atom. The second kappa shape index (κ2) is 9.33. The van der Waals surface area contributed by atoms with Crippen LogP contribution >= 0.6 is 11.3 Å². The van der Waals surface area contributed by atoms with Crippen LogP contribution in [0.1, 0.15) is 49.1 Å². The molecule has 4 rings (SSSR count). The molecule has 2 aromatic carbocycles. The summed E-state index contributed by atoms with van der Waals surface area (Å²) in [7, 11) is 0. The standard InChI is InChI=1S/C26H28FNO2S/c1-19(20-5-7-21(8-6-20)22-9-11-23(27)12-10-22)28-15-14-26(13-3-16-29,18-25(28)30)24-4-2-17-31-24/h2,4-12,17,19,29H,3,13-16,18H2,1H3/t19-,26?/m0/s1. The van der Waals surface area contributed by atoms with E-state index in [2.05, 4.69) is 30.5 Å². The number of halogens is 1. The molecule has 1 aromatic heterocycles. The summed E-state index contributed by atoms with van der Waals surface area (Å²) in [6, 6.07) is 18.8. The van der Waals surface area contributed by atoms with Gasteiger partial charge in [-0.25, -0.2) is 4.39 Å². The smallest absolute Gasteiger partial charge is 0.224 e. The lowest BCUT2D eigenvalue weighted by atomic mass is 9.73. The van der Waals surface area contributed by atoms with Crippen molar-refractivity contribution in [1.82, 2.24) is 4.90 Å². The quantitative estimate of drug-likeness (QED) is 0.496. The molecule has 3 aromatic rings. The molecule has 0 aliphatic carbocycles. The number of aliphatic hydroxyl groups is 1. The molecule has 1 saturated heterocycles. The lowest BCUT2D eigenvalue weighted by molar-refractivity contribution is -0.138. The van der Waals surface area contributed by atoms with Gasteiger partial charge in [0.05, 0.1) is 6.04 Å². The Morgan fingerprint density at radius 2 is 1.77 bits per heavy atom. The number of piperidine rings is 1. The zero-order chi connectivity index (χ0) is 21.8. The summed E-state index contributed by atoms with van der Waals surface area (Å²) >= 11 is 1.71. The maximum absolute atomic E-state index is 13.2. The predicted molar refractivity (Wildman–Crippen MR) is 124 cm³/mol. The lowest BCUT2D eigenvalue weighted by Crippen LogP contribution is -2.47. The molecule has 1 aliphatic heterocycles. The molecule has 3 nitrogen and oxygen atoms in total.